The van der Waals surface area contributed by atoms with Crippen molar-refractivity contribution < 1.29 is 0 Å². The van der Waals surface area contributed by atoms with Crippen molar-refractivity contribution in [1.29, 1.82) is 0 Å². The molecule has 6 heteroatoms. The van der Waals surface area contributed by atoms with Crippen LogP contribution >= 0.6 is 23.6 Å². The summed E-state index contributed by atoms with van der Waals surface area (Å²) in [5.41, 5.74) is 6.17. The first-order chi connectivity index (χ1) is 12.4. The standard InChI is InChI=1S/C20H28N4S2/c1-14-10-16(3)19(11-15(14)2)22-20(25)24-7-5-6-23(8-9-24)12-18-13-26-17(4)21-18/h10-11,13H,5-9,12H2,1-4H3,(H,22,25). The van der Waals surface area contributed by atoms with Gasteiger partial charge in [-0.2, -0.15) is 0 Å². The number of nitrogens with zero attached hydrogens (tertiary/aromatic N) is 3. The zero-order chi connectivity index (χ0) is 18.7. The summed E-state index contributed by atoms with van der Waals surface area (Å²) >= 11 is 7.44. The highest BCUT2D eigenvalue weighted by Crippen LogP contribution is 2.21. The maximum absolute atomic E-state index is 5.71. The highest BCUT2D eigenvalue weighted by Gasteiger charge is 2.18. The second kappa shape index (κ2) is 8.46. The Morgan fingerprint density at radius 3 is 2.58 bits per heavy atom. The molecule has 2 aromatic rings. The molecule has 0 radical (unpaired) electrons. The number of thiocarbonyl (C=S) groups is 1. The van der Waals surface area contributed by atoms with Gasteiger partial charge in [0.1, 0.15) is 0 Å². The average Bonchev–Trinajstić information content (AvgIpc) is 2.85. The molecule has 4 nitrogen and oxygen atoms in total. The van der Waals surface area contributed by atoms with E-state index in [-0.39, 0.29) is 0 Å². The minimum atomic E-state index is 0.836. The fourth-order valence-corrected chi connectivity index (χ4v) is 4.23. The molecule has 0 unspecified atom stereocenters. The van der Waals surface area contributed by atoms with Crippen molar-refractivity contribution >= 4 is 34.4 Å². The van der Waals surface area contributed by atoms with E-state index in [2.05, 4.69) is 65.3 Å². The maximum Gasteiger partial charge on any atom is 0.173 e. The number of benzene rings is 1. The quantitative estimate of drug-likeness (QED) is 0.793. The van der Waals surface area contributed by atoms with Crippen LogP contribution in [-0.2, 0) is 6.54 Å². The lowest BCUT2D eigenvalue weighted by Crippen LogP contribution is -2.38. The molecule has 1 aromatic heterocycles. The Hall–Kier alpha value is -1.50. The van der Waals surface area contributed by atoms with Gasteiger partial charge in [-0.05, 0) is 69.1 Å². The molecule has 1 aliphatic heterocycles. The van der Waals surface area contributed by atoms with Gasteiger partial charge in [-0.1, -0.05) is 6.07 Å². The molecule has 1 fully saturated rings. The SMILES string of the molecule is Cc1nc(CN2CCCN(C(=S)Nc3cc(C)c(C)cc3C)CC2)cs1. The van der Waals surface area contributed by atoms with Crippen LogP contribution in [0.15, 0.2) is 17.5 Å². The molecule has 0 spiro atoms. The van der Waals surface area contributed by atoms with E-state index < -0.39 is 0 Å². The smallest absolute Gasteiger partial charge is 0.173 e. The molecular weight excluding hydrogens is 360 g/mol. The van der Waals surface area contributed by atoms with Crippen LogP contribution in [0.25, 0.3) is 0 Å². The Labute approximate surface area is 166 Å². The van der Waals surface area contributed by atoms with E-state index >= 15 is 0 Å². The van der Waals surface area contributed by atoms with Gasteiger partial charge >= 0.3 is 0 Å². The molecule has 0 saturated carbocycles. The molecule has 0 amide bonds. The van der Waals surface area contributed by atoms with Gasteiger partial charge in [0.05, 0.1) is 10.7 Å². The Morgan fingerprint density at radius 1 is 1.08 bits per heavy atom. The number of aryl methyl sites for hydroxylation is 4. The zero-order valence-electron chi connectivity index (χ0n) is 16.1. The molecule has 1 aromatic carbocycles. The average molecular weight is 389 g/mol. The van der Waals surface area contributed by atoms with Gasteiger partial charge in [0.2, 0.25) is 0 Å². The van der Waals surface area contributed by atoms with Crippen LogP contribution in [0.1, 0.15) is 33.8 Å². The third kappa shape index (κ3) is 4.81. The molecule has 0 atom stereocenters. The summed E-state index contributed by atoms with van der Waals surface area (Å²) in [7, 11) is 0. The molecular formula is C20H28N4S2. The van der Waals surface area contributed by atoms with Gasteiger partial charge in [-0.25, -0.2) is 4.98 Å². The van der Waals surface area contributed by atoms with Gasteiger partial charge < -0.3 is 10.2 Å². The summed E-state index contributed by atoms with van der Waals surface area (Å²) in [6.07, 6.45) is 1.12. The van der Waals surface area contributed by atoms with Gasteiger partial charge in [-0.3, -0.25) is 4.90 Å². The largest absolute Gasteiger partial charge is 0.348 e. The van der Waals surface area contributed by atoms with E-state index in [9.17, 15) is 0 Å². The predicted octanol–water partition coefficient (Wildman–Crippen LogP) is 4.28. The van der Waals surface area contributed by atoms with E-state index in [4.69, 9.17) is 12.2 Å². The second-order valence-electron chi connectivity index (χ2n) is 7.16. The lowest BCUT2D eigenvalue weighted by atomic mass is 10.1. The Morgan fingerprint density at radius 2 is 1.85 bits per heavy atom. The number of aromatic nitrogens is 1. The van der Waals surface area contributed by atoms with Crippen molar-refractivity contribution in [3.63, 3.8) is 0 Å². The second-order valence-corrected chi connectivity index (χ2v) is 8.61. The van der Waals surface area contributed by atoms with Crippen molar-refractivity contribution in [3.05, 3.63) is 44.9 Å². The van der Waals surface area contributed by atoms with Gasteiger partial charge in [0.25, 0.3) is 0 Å². The monoisotopic (exact) mass is 388 g/mol. The predicted molar refractivity (Wildman–Crippen MR) is 115 cm³/mol. The van der Waals surface area contributed by atoms with Crippen molar-refractivity contribution in [2.24, 2.45) is 0 Å². The summed E-state index contributed by atoms with van der Waals surface area (Å²) in [4.78, 5) is 9.38. The zero-order valence-corrected chi connectivity index (χ0v) is 17.8. The van der Waals surface area contributed by atoms with Gasteiger partial charge in [0, 0.05) is 43.8 Å². The fraction of sp³-hybridized carbons (Fsp3) is 0.500. The van der Waals surface area contributed by atoms with E-state index in [1.54, 1.807) is 11.3 Å². The van der Waals surface area contributed by atoms with Crippen LogP contribution in [0.3, 0.4) is 0 Å². The minimum absolute atomic E-state index is 0.836. The van der Waals surface area contributed by atoms with E-state index in [1.165, 1.54) is 22.4 Å². The number of rotatable bonds is 3. The summed E-state index contributed by atoms with van der Waals surface area (Å²) in [6, 6.07) is 4.42. The molecule has 1 N–H and O–H groups in total. The third-order valence-corrected chi connectivity index (χ3v) is 6.19. The lowest BCUT2D eigenvalue weighted by Gasteiger charge is -2.25. The summed E-state index contributed by atoms with van der Waals surface area (Å²) in [5, 5.41) is 7.62. The first kappa shape index (κ1) is 19.3. The number of thiazole rings is 1. The van der Waals surface area contributed by atoms with Crippen molar-refractivity contribution in [2.75, 3.05) is 31.5 Å². The summed E-state index contributed by atoms with van der Waals surface area (Å²) in [5.74, 6) is 0. The number of anilines is 1. The lowest BCUT2D eigenvalue weighted by molar-refractivity contribution is 0.275. The van der Waals surface area contributed by atoms with Crippen LogP contribution in [0.4, 0.5) is 5.69 Å². The summed E-state index contributed by atoms with van der Waals surface area (Å²) < 4.78 is 0. The van der Waals surface area contributed by atoms with Gasteiger partial charge in [-0.15, -0.1) is 11.3 Å². The number of hydrogen-bond acceptors (Lipinski definition) is 4. The van der Waals surface area contributed by atoms with Crippen LogP contribution in [0, 0.1) is 27.7 Å². The molecule has 140 valence electrons. The van der Waals surface area contributed by atoms with E-state index in [0.717, 1.165) is 55.0 Å². The van der Waals surface area contributed by atoms with Crippen LogP contribution in [0.5, 0.6) is 0 Å². The number of nitrogens with one attached hydrogen (secondary N) is 1. The highest BCUT2D eigenvalue weighted by atomic mass is 32.1. The molecule has 1 aliphatic rings. The van der Waals surface area contributed by atoms with Crippen LogP contribution < -0.4 is 5.32 Å². The fourth-order valence-electron chi connectivity index (χ4n) is 3.33. The molecule has 2 heterocycles. The normalized spacial score (nSPS) is 15.8. The van der Waals surface area contributed by atoms with Crippen molar-refractivity contribution in [2.45, 2.75) is 40.7 Å². The summed E-state index contributed by atoms with van der Waals surface area (Å²) in [6.45, 7) is 13.5. The van der Waals surface area contributed by atoms with Crippen molar-refractivity contribution in [1.82, 2.24) is 14.8 Å². The molecule has 0 bridgehead atoms. The first-order valence-electron chi connectivity index (χ1n) is 9.19. The molecule has 1 saturated heterocycles. The maximum atomic E-state index is 5.71. The number of hydrogen-bond donors (Lipinski definition) is 1. The molecule has 0 aliphatic carbocycles. The van der Waals surface area contributed by atoms with Crippen LogP contribution in [-0.4, -0.2) is 46.1 Å². The van der Waals surface area contributed by atoms with Gasteiger partial charge in [0.15, 0.2) is 5.11 Å². The minimum Gasteiger partial charge on any atom is -0.348 e. The Kier molecular flexibility index (Phi) is 6.27. The van der Waals surface area contributed by atoms with E-state index in [1.807, 2.05) is 0 Å². The molecule has 26 heavy (non-hydrogen) atoms. The van der Waals surface area contributed by atoms with E-state index in [0.29, 0.717) is 0 Å². The third-order valence-electron chi connectivity index (χ3n) is 5.01. The van der Waals surface area contributed by atoms with Crippen molar-refractivity contribution in [3.8, 4) is 0 Å². The Balaban J connectivity index is 1.58. The highest BCUT2D eigenvalue weighted by molar-refractivity contribution is 7.80. The molecule has 3 rings (SSSR count). The van der Waals surface area contributed by atoms with Crippen LogP contribution in [0.2, 0.25) is 0 Å². The first-order valence-corrected chi connectivity index (χ1v) is 10.5. The topological polar surface area (TPSA) is 31.4 Å². The Bertz CT molecular complexity index is 784.